The molecule has 2 aliphatic rings. The summed E-state index contributed by atoms with van der Waals surface area (Å²) in [6, 6.07) is 7.74. The Kier molecular flexibility index (Phi) is 2.47. The Morgan fingerprint density at radius 3 is 3.07 bits per heavy atom. The molecular formula is C13H18N2. The predicted molar refractivity (Wildman–Crippen MR) is 61.7 cm³/mol. The number of hydrogen-bond acceptors (Lipinski definition) is 2. The lowest BCUT2D eigenvalue weighted by Gasteiger charge is -2.18. The van der Waals surface area contributed by atoms with Crippen LogP contribution in [-0.2, 0) is 19.5 Å². The summed E-state index contributed by atoms with van der Waals surface area (Å²) in [5.41, 5.74) is 4.47. The first kappa shape index (κ1) is 9.37. The summed E-state index contributed by atoms with van der Waals surface area (Å²) in [6.07, 6.45) is 3.93. The van der Waals surface area contributed by atoms with Crippen molar-refractivity contribution >= 4 is 0 Å². The molecule has 1 aliphatic heterocycles. The summed E-state index contributed by atoms with van der Waals surface area (Å²) in [4.78, 5) is 0. The van der Waals surface area contributed by atoms with Gasteiger partial charge in [0.1, 0.15) is 0 Å². The molecule has 2 nitrogen and oxygen atoms in total. The minimum atomic E-state index is 0.808. The van der Waals surface area contributed by atoms with Gasteiger partial charge in [0.15, 0.2) is 0 Å². The zero-order valence-electron chi connectivity index (χ0n) is 9.05. The average molecular weight is 202 g/mol. The van der Waals surface area contributed by atoms with Gasteiger partial charge in [-0.05, 0) is 42.5 Å². The van der Waals surface area contributed by atoms with Crippen LogP contribution in [0, 0.1) is 0 Å². The van der Waals surface area contributed by atoms with Crippen LogP contribution >= 0.6 is 0 Å². The van der Waals surface area contributed by atoms with E-state index >= 15 is 0 Å². The Morgan fingerprint density at radius 2 is 2.20 bits per heavy atom. The summed E-state index contributed by atoms with van der Waals surface area (Å²) in [6.45, 7) is 3.23. The van der Waals surface area contributed by atoms with Crippen molar-refractivity contribution in [3.8, 4) is 0 Å². The zero-order valence-corrected chi connectivity index (χ0v) is 9.05. The molecule has 1 aliphatic carbocycles. The molecule has 2 N–H and O–H groups in total. The van der Waals surface area contributed by atoms with Crippen LogP contribution in [0.15, 0.2) is 18.2 Å². The molecule has 15 heavy (non-hydrogen) atoms. The van der Waals surface area contributed by atoms with Gasteiger partial charge in [0, 0.05) is 19.1 Å². The van der Waals surface area contributed by atoms with Crippen molar-refractivity contribution in [1.82, 2.24) is 10.6 Å². The standard InChI is InChI=1S/C13H18N2/c1-2-12-9-14-6-5-11(12)7-10(1)8-15-13-3-4-13/h1-2,7,13-15H,3-6,8-9H2. The fraction of sp³-hybridized carbons (Fsp3) is 0.538. The first-order valence-corrected chi connectivity index (χ1v) is 5.96. The van der Waals surface area contributed by atoms with E-state index in [2.05, 4.69) is 28.8 Å². The highest BCUT2D eigenvalue weighted by Crippen LogP contribution is 2.20. The van der Waals surface area contributed by atoms with E-state index in [0.29, 0.717) is 0 Å². The van der Waals surface area contributed by atoms with Crippen LogP contribution in [-0.4, -0.2) is 12.6 Å². The van der Waals surface area contributed by atoms with Gasteiger partial charge in [0.25, 0.3) is 0 Å². The van der Waals surface area contributed by atoms with Gasteiger partial charge in [-0.1, -0.05) is 18.2 Å². The molecule has 0 aromatic heterocycles. The Morgan fingerprint density at radius 1 is 1.27 bits per heavy atom. The third-order valence-corrected chi connectivity index (χ3v) is 3.33. The molecule has 0 bridgehead atoms. The maximum atomic E-state index is 3.56. The fourth-order valence-electron chi connectivity index (χ4n) is 2.19. The number of rotatable bonds is 3. The molecule has 2 heteroatoms. The van der Waals surface area contributed by atoms with Crippen molar-refractivity contribution in [2.24, 2.45) is 0 Å². The van der Waals surface area contributed by atoms with Crippen LogP contribution in [0.2, 0.25) is 0 Å². The summed E-state index contributed by atoms with van der Waals surface area (Å²) >= 11 is 0. The smallest absolute Gasteiger partial charge is 0.0208 e. The topological polar surface area (TPSA) is 24.1 Å². The van der Waals surface area contributed by atoms with E-state index < -0.39 is 0 Å². The van der Waals surface area contributed by atoms with E-state index in [1.54, 1.807) is 5.56 Å². The third-order valence-electron chi connectivity index (χ3n) is 3.33. The molecule has 1 fully saturated rings. The highest BCUT2D eigenvalue weighted by Gasteiger charge is 2.20. The Balaban J connectivity index is 1.71. The van der Waals surface area contributed by atoms with Crippen molar-refractivity contribution in [1.29, 1.82) is 0 Å². The van der Waals surface area contributed by atoms with E-state index in [1.165, 1.54) is 30.4 Å². The summed E-state index contributed by atoms with van der Waals surface area (Å²) in [5.74, 6) is 0. The van der Waals surface area contributed by atoms with Gasteiger partial charge in [-0.3, -0.25) is 0 Å². The van der Waals surface area contributed by atoms with Gasteiger partial charge < -0.3 is 10.6 Å². The molecule has 1 aromatic rings. The third kappa shape index (κ3) is 2.21. The minimum Gasteiger partial charge on any atom is -0.312 e. The predicted octanol–water partition coefficient (Wildman–Crippen LogP) is 1.58. The molecule has 0 amide bonds. The van der Waals surface area contributed by atoms with Crippen LogP contribution in [0.4, 0.5) is 0 Å². The maximum Gasteiger partial charge on any atom is 0.0208 e. The van der Waals surface area contributed by atoms with Crippen molar-refractivity contribution in [2.45, 2.75) is 38.4 Å². The Bertz CT molecular complexity index is 356. The molecule has 1 saturated carbocycles. The highest BCUT2D eigenvalue weighted by atomic mass is 14.9. The van der Waals surface area contributed by atoms with Crippen LogP contribution in [0.1, 0.15) is 29.5 Å². The average Bonchev–Trinajstić information content (AvgIpc) is 3.10. The Hall–Kier alpha value is -0.860. The molecule has 0 radical (unpaired) electrons. The van der Waals surface area contributed by atoms with E-state index in [9.17, 15) is 0 Å². The molecule has 0 unspecified atom stereocenters. The maximum absolute atomic E-state index is 3.56. The lowest BCUT2D eigenvalue weighted by atomic mass is 9.98. The number of benzene rings is 1. The fourth-order valence-corrected chi connectivity index (χ4v) is 2.19. The number of nitrogens with one attached hydrogen (secondary N) is 2. The van der Waals surface area contributed by atoms with Gasteiger partial charge >= 0.3 is 0 Å². The summed E-state index contributed by atoms with van der Waals surface area (Å²) in [7, 11) is 0. The quantitative estimate of drug-likeness (QED) is 0.777. The van der Waals surface area contributed by atoms with Crippen LogP contribution in [0.3, 0.4) is 0 Å². The van der Waals surface area contributed by atoms with Crippen molar-refractivity contribution in [2.75, 3.05) is 6.54 Å². The van der Waals surface area contributed by atoms with Gasteiger partial charge in [0.2, 0.25) is 0 Å². The lowest BCUT2D eigenvalue weighted by molar-refractivity contribution is 0.639. The van der Waals surface area contributed by atoms with Crippen LogP contribution in [0.5, 0.6) is 0 Å². The second-order valence-electron chi connectivity index (χ2n) is 4.69. The molecular weight excluding hydrogens is 184 g/mol. The molecule has 0 atom stereocenters. The monoisotopic (exact) mass is 202 g/mol. The molecule has 0 saturated heterocycles. The van der Waals surface area contributed by atoms with E-state index in [4.69, 9.17) is 0 Å². The largest absolute Gasteiger partial charge is 0.312 e. The first-order chi connectivity index (χ1) is 7.42. The van der Waals surface area contributed by atoms with Gasteiger partial charge in [-0.2, -0.15) is 0 Å². The highest BCUT2D eigenvalue weighted by molar-refractivity contribution is 5.33. The van der Waals surface area contributed by atoms with E-state index in [1.807, 2.05) is 0 Å². The van der Waals surface area contributed by atoms with Gasteiger partial charge in [-0.15, -0.1) is 0 Å². The van der Waals surface area contributed by atoms with E-state index in [-0.39, 0.29) is 0 Å². The number of hydrogen-bond donors (Lipinski definition) is 2. The lowest BCUT2D eigenvalue weighted by Crippen LogP contribution is -2.24. The number of fused-ring (bicyclic) bond motifs is 1. The minimum absolute atomic E-state index is 0.808. The molecule has 3 rings (SSSR count). The van der Waals surface area contributed by atoms with Gasteiger partial charge in [-0.25, -0.2) is 0 Å². The van der Waals surface area contributed by atoms with Gasteiger partial charge in [0.05, 0.1) is 0 Å². The Labute approximate surface area is 91.1 Å². The van der Waals surface area contributed by atoms with Crippen molar-refractivity contribution < 1.29 is 0 Å². The van der Waals surface area contributed by atoms with E-state index in [0.717, 1.165) is 25.7 Å². The molecule has 80 valence electrons. The normalized spacial score (nSPS) is 20.0. The second-order valence-corrected chi connectivity index (χ2v) is 4.69. The molecule has 1 aromatic carbocycles. The summed E-state index contributed by atoms with van der Waals surface area (Å²) < 4.78 is 0. The zero-order chi connectivity index (χ0) is 10.1. The second kappa shape index (κ2) is 3.95. The van der Waals surface area contributed by atoms with Crippen molar-refractivity contribution in [3.63, 3.8) is 0 Å². The van der Waals surface area contributed by atoms with Crippen LogP contribution < -0.4 is 10.6 Å². The summed E-state index contributed by atoms with van der Waals surface area (Å²) in [5, 5.41) is 6.97. The SMILES string of the molecule is c1cc2c(cc1CNC1CC1)CCNC2. The first-order valence-electron chi connectivity index (χ1n) is 5.96. The van der Waals surface area contributed by atoms with Crippen LogP contribution in [0.25, 0.3) is 0 Å². The molecule has 1 heterocycles. The van der Waals surface area contributed by atoms with Crippen molar-refractivity contribution in [3.05, 3.63) is 34.9 Å². The molecule has 0 spiro atoms.